The van der Waals surface area contributed by atoms with Gasteiger partial charge in [0.2, 0.25) is 5.76 Å². The third-order valence-corrected chi connectivity index (χ3v) is 2.75. The van der Waals surface area contributed by atoms with Gasteiger partial charge in [-0.05, 0) is 32.0 Å². The van der Waals surface area contributed by atoms with Crippen LogP contribution in [-0.2, 0) is 6.54 Å². The van der Waals surface area contributed by atoms with Gasteiger partial charge in [0.25, 0.3) is 0 Å². The van der Waals surface area contributed by atoms with Crippen molar-refractivity contribution in [3.8, 4) is 0 Å². The number of carbonyl (C=O) groups is 1. The van der Waals surface area contributed by atoms with Gasteiger partial charge in [0.1, 0.15) is 5.76 Å². The van der Waals surface area contributed by atoms with Crippen LogP contribution in [0, 0.1) is 0 Å². The molecule has 0 amide bonds. The van der Waals surface area contributed by atoms with Crippen LogP contribution in [0.5, 0.6) is 0 Å². The largest absolute Gasteiger partial charge is 0.475 e. The average molecular weight is 264 g/mol. The summed E-state index contributed by atoms with van der Waals surface area (Å²) in [5.41, 5.74) is 0. The van der Waals surface area contributed by atoms with E-state index in [-0.39, 0.29) is 11.8 Å². The number of rotatable bonds is 7. The molecule has 2 rings (SSSR count). The molecule has 0 saturated heterocycles. The molecule has 0 radical (unpaired) electrons. The molecule has 1 unspecified atom stereocenters. The highest BCUT2D eigenvalue weighted by molar-refractivity contribution is 5.84. The van der Waals surface area contributed by atoms with Crippen LogP contribution < -0.4 is 5.32 Å². The summed E-state index contributed by atoms with van der Waals surface area (Å²) in [5, 5.41) is 19.6. The number of carboxylic acid groups (broad SMARTS) is 1. The molecule has 0 saturated carbocycles. The van der Waals surface area contributed by atoms with Gasteiger partial charge in [0, 0.05) is 12.7 Å². The topological polar surface area (TPSA) is 93.2 Å². The second-order valence-electron chi connectivity index (χ2n) is 4.20. The Morgan fingerprint density at radius 2 is 2.42 bits per heavy atom. The van der Waals surface area contributed by atoms with Crippen molar-refractivity contribution in [1.82, 2.24) is 20.3 Å². The van der Waals surface area contributed by atoms with Gasteiger partial charge in [-0.3, -0.25) is 4.68 Å². The van der Waals surface area contributed by atoms with Gasteiger partial charge in [-0.25, -0.2) is 4.79 Å². The molecular formula is C12H16N4O3. The third-order valence-electron chi connectivity index (χ3n) is 2.75. The summed E-state index contributed by atoms with van der Waals surface area (Å²) >= 11 is 0. The standard InChI is InChI=1S/C12H16N4O3/c1-9(10-3-4-11(19-10)12(17)18)13-5-2-7-16-8-6-14-15-16/h3-4,6,8-9,13H,2,5,7H2,1H3,(H,17,18). The first-order valence-corrected chi connectivity index (χ1v) is 6.07. The Morgan fingerprint density at radius 1 is 1.58 bits per heavy atom. The zero-order valence-electron chi connectivity index (χ0n) is 10.6. The Bertz CT molecular complexity index is 521. The molecule has 0 aliphatic heterocycles. The molecule has 2 N–H and O–H groups in total. The fraction of sp³-hybridized carbons (Fsp3) is 0.417. The van der Waals surface area contributed by atoms with Crippen molar-refractivity contribution < 1.29 is 14.3 Å². The fourth-order valence-corrected chi connectivity index (χ4v) is 1.71. The lowest BCUT2D eigenvalue weighted by Gasteiger charge is -2.10. The number of nitrogens with one attached hydrogen (secondary N) is 1. The summed E-state index contributed by atoms with van der Waals surface area (Å²) in [5.74, 6) is -0.464. The van der Waals surface area contributed by atoms with Gasteiger partial charge in [-0.15, -0.1) is 5.10 Å². The zero-order chi connectivity index (χ0) is 13.7. The quantitative estimate of drug-likeness (QED) is 0.732. The number of furan rings is 1. The Labute approximate surface area is 110 Å². The number of hydrogen-bond acceptors (Lipinski definition) is 5. The van der Waals surface area contributed by atoms with Crippen molar-refractivity contribution in [3.05, 3.63) is 36.0 Å². The lowest BCUT2D eigenvalue weighted by Crippen LogP contribution is -2.20. The first kappa shape index (κ1) is 13.3. The highest BCUT2D eigenvalue weighted by Crippen LogP contribution is 2.16. The maximum absolute atomic E-state index is 10.7. The highest BCUT2D eigenvalue weighted by atomic mass is 16.4. The highest BCUT2D eigenvalue weighted by Gasteiger charge is 2.13. The maximum Gasteiger partial charge on any atom is 0.371 e. The van der Waals surface area contributed by atoms with Crippen molar-refractivity contribution in [2.75, 3.05) is 6.54 Å². The summed E-state index contributed by atoms with van der Waals surface area (Å²) in [6.45, 7) is 3.50. The predicted octanol–water partition coefficient (Wildman–Crippen LogP) is 1.31. The lowest BCUT2D eigenvalue weighted by atomic mass is 10.2. The van der Waals surface area contributed by atoms with Crippen LogP contribution >= 0.6 is 0 Å². The van der Waals surface area contributed by atoms with Gasteiger partial charge in [0.15, 0.2) is 0 Å². The molecule has 102 valence electrons. The van der Waals surface area contributed by atoms with E-state index in [1.165, 1.54) is 6.07 Å². The SMILES string of the molecule is CC(NCCCn1ccnn1)c1ccc(C(=O)O)o1. The minimum absolute atomic E-state index is 0.0242. The fourth-order valence-electron chi connectivity index (χ4n) is 1.71. The van der Waals surface area contributed by atoms with Crippen molar-refractivity contribution in [3.63, 3.8) is 0 Å². The Balaban J connectivity index is 1.74. The number of carboxylic acids is 1. The molecule has 7 nitrogen and oxygen atoms in total. The Kier molecular flexibility index (Phi) is 4.30. The second-order valence-corrected chi connectivity index (χ2v) is 4.20. The first-order valence-electron chi connectivity index (χ1n) is 6.07. The summed E-state index contributed by atoms with van der Waals surface area (Å²) in [4.78, 5) is 10.7. The van der Waals surface area contributed by atoms with Crippen molar-refractivity contribution in [2.24, 2.45) is 0 Å². The molecule has 0 fully saturated rings. The summed E-state index contributed by atoms with van der Waals surface area (Å²) in [6.07, 6.45) is 4.36. The van der Waals surface area contributed by atoms with Crippen molar-refractivity contribution in [1.29, 1.82) is 0 Å². The molecule has 2 heterocycles. The lowest BCUT2D eigenvalue weighted by molar-refractivity contribution is 0.0659. The number of aromatic carboxylic acids is 1. The Morgan fingerprint density at radius 3 is 3.05 bits per heavy atom. The van der Waals surface area contributed by atoms with Crippen LogP contribution in [-0.4, -0.2) is 32.6 Å². The molecule has 19 heavy (non-hydrogen) atoms. The van der Waals surface area contributed by atoms with Gasteiger partial charge >= 0.3 is 5.97 Å². The molecule has 1 atom stereocenters. The zero-order valence-corrected chi connectivity index (χ0v) is 10.6. The molecule has 0 aromatic carbocycles. The predicted molar refractivity (Wildman–Crippen MR) is 66.7 cm³/mol. The van der Waals surface area contributed by atoms with E-state index in [0.717, 1.165) is 19.5 Å². The summed E-state index contributed by atoms with van der Waals surface area (Å²) < 4.78 is 6.99. The second kappa shape index (κ2) is 6.14. The molecule has 0 spiro atoms. The van der Waals surface area contributed by atoms with Crippen LogP contribution in [0.3, 0.4) is 0 Å². The summed E-state index contributed by atoms with van der Waals surface area (Å²) in [6, 6.07) is 3.12. The van der Waals surface area contributed by atoms with Crippen LogP contribution in [0.1, 0.15) is 35.7 Å². The van der Waals surface area contributed by atoms with E-state index in [2.05, 4.69) is 15.6 Å². The van der Waals surface area contributed by atoms with E-state index in [1.54, 1.807) is 16.9 Å². The first-order chi connectivity index (χ1) is 9.16. The van der Waals surface area contributed by atoms with Crippen LogP contribution in [0.4, 0.5) is 0 Å². The van der Waals surface area contributed by atoms with E-state index in [9.17, 15) is 4.79 Å². The smallest absolute Gasteiger partial charge is 0.371 e. The minimum atomic E-state index is -1.05. The third kappa shape index (κ3) is 3.65. The number of nitrogens with zero attached hydrogens (tertiary/aromatic N) is 3. The number of aryl methyl sites for hydroxylation is 1. The van der Waals surface area contributed by atoms with Gasteiger partial charge in [-0.1, -0.05) is 5.21 Å². The van der Waals surface area contributed by atoms with E-state index < -0.39 is 5.97 Å². The molecular weight excluding hydrogens is 248 g/mol. The molecule has 0 aliphatic carbocycles. The molecule has 2 aromatic heterocycles. The van der Waals surface area contributed by atoms with Crippen molar-refractivity contribution in [2.45, 2.75) is 25.9 Å². The van der Waals surface area contributed by atoms with E-state index in [4.69, 9.17) is 9.52 Å². The molecule has 0 bridgehead atoms. The minimum Gasteiger partial charge on any atom is -0.475 e. The molecule has 7 heteroatoms. The van der Waals surface area contributed by atoms with Crippen LogP contribution in [0.25, 0.3) is 0 Å². The van der Waals surface area contributed by atoms with E-state index in [1.807, 2.05) is 13.1 Å². The van der Waals surface area contributed by atoms with Crippen LogP contribution in [0.2, 0.25) is 0 Å². The monoisotopic (exact) mass is 264 g/mol. The van der Waals surface area contributed by atoms with Crippen molar-refractivity contribution >= 4 is 5.97 Å². The van der Waals surface area contributed by atoms with Gasteiger partial charge in [0.05, 0.1) is 12.2 Å². The number of aromatic nitrogens is 3. The molecule has 0 aliphatic rings. The van der Waals surface area contributed by atoms with E-state index in [0.29, 0.717) is 5.76 Å². The number of hydrogen-bond donors (Lipinski definition) is 2. The van der Waals surface area contributed by atoms with E-state index >= 15 is 0 Å². The van der Waals surface area contributed by atoms with Gasteiger partial charge < -0.3 is 14.8 Å². The normalized spacial score (nSPS) is 12.5. The van der Waals surface area contributed by atoms with Gasteiger partial charge in [-0.2, -0.15) is 0 Å². The average Bonchev–Trinajstić information content (AvgIpc) is 3.05. The summed E-state index contributed by atoms with van der Waals surface area (Å²) in [7, 11) is 0. The maximum atomic E-state index is 10.7. The molecule has 2 aromatic rings. The Hall–Kier alpha value is -2.15. The van der Waals surface area contributed by atoms with Crippen LogP contribution in [0.15, 0.2) is 28.9 Å².